The molecule has 1 aromatic rings. The Kier molecular flexibility index (Phi) is 15.9. The third-order valence-corrected chi connectivity index (χ3v) is 1.09. The minimum absolute atomic E-state index is 0.360. The van der Waals surface area contributed by atoms with Gasteiger partial charge >= 0.3 is 30.9 Å². The van der Waals surface area contributed by atoms with Crippen molar-refractivity contribution >= 4 is 5.69 Å². The van der Waals surface area contributed by atoms with E-state index in [1.54, 1.807) is 0 Å². The Morgan fingerprint density at radius 1 is 1.29 bits per heavy atom. The Bertz CT molecular complexity index is 202. The minimum atomic E-state index is 0.360. The predicted octanol–water partition coefficient (Wildman–Crippen LogP) is 3.92. The summed E-state index contributed by atoms with van der Waals surface area (Å²) in [6, 6.07) is 11.1. The topological polar surface area (TPSA) is 14.1 Å². The van der Waals surface area contributed by atoms with Crippen molar-refractivity contribution in [2.45, 2.75) is 33.7 Å². The average Bonchev–Trinajstić information content (AvgIpc) is 2.24. The number of benzene rings is 1. The van der Waals surface area contributed by atoms with Crippen LogP contribution in [0.15, 0.2) is 24.3 Å². The van der Waals surface area contributed by atoms with E-state index < -0.39 is 0 Å². The molecular formula is C11H17NVW-2. The Labute approximate surface area is 105 Å². The van der Waals surface area contributed by atoms with E-state index in [1.165, 1.54) is 16.8 Å². The Hall–Kier alpha value is 0.293. The van der Waals surface area contributed by atoms with Crippen molar-refractivity contribution < 1.29 is 30.9 Å². The van der Waals surface area contributed by atoms with E-state index in [0.29, 0.717) is 6.04 Å². The van der Waals surface area contributed by atoms with E-state index in [-0.39, 0.29) is 0 Å². The SMILES string of the molecule is CC.CC(C)[N-]c1[c-]cccc1.[V]=[W]. The standard InChI is InChI=1S/C9H11N.C2H6.V.W/c1-8(2)10-9-6-4-3-5-7-9;1-2;;/h3-6,8H,1-2H3;1-2H3;;/q-2;;;. The van der Waals surface area contributed by atoms with Crippen LogP contribution >= 0.6 is 0 Å². The van der Waals surface area contributed by atoms with Crippen molar-refractivity contribution in [1.29, 1.82) is 0 Å². The molecule has 0 unspecified atom stereocenters. The maximum atomic E-state index is 4.30. The monoisotopic (exact) mass is 398 g/mol. The van der Waals surface area contributed by atoms with Gasteiger partial charge in [-0.05, 0) is 0 Å². The van der Waals surface area contributed by atoms with Crippen molar-refractivity contribution in [2.24, 2.45) is 0 Å². The summed E-state index contributed by atoms with van der Waals surface area (Å²) in [5.41, 5.74) is 0.942. The molecule has 79 valence electrons. The zero-order valence-electron chi connectivity index (χ0n) is 9.19. The van der Waals surface area contributed by atoms with Crippen molar-refractivity contribution in [3.8, 4) is 0 Å². The molecule has 0 aliphatic carbocycles. The quantitative estimate of drug-likeness (QED) is 0.671. The first-order valence-corrected chi connectivity index (χ1v) is 10.6. The first-order chi connectivity index (χ1) is 6.79. The number of rotatable bonds is 2. The Morgan fingerprint density at radius 2 is 1.86 bits per heavy atom. The van der Waals surface area contributed by atoms with E-state index in [0.717, 1.165) is 5.69 Å². The fraction of sp³-hybridized carbons (Fsp3) is 0.455. The molecule has 0 saturated heterocycles. The molecule has 0 radical (unpaired) electrons. The summed E-state index contributed by atoms with van der Waals surface area (Å²) in [6.45, 7) is 8.11. The molecule has 3 heteroatoms. The Morgan fingerprint density at radius 3 is 2.21 bits per heavy atom. The van der Waals surface area contributed by atoms with Gasteiger partial charge < -0.3 is 5.32 Å². The molecule has 14 heavy (non-hydrogen) atoms. The van der Waals surface area contributed by atoms with Crippen LogP contribution in [-0.2, 0) is 30.9 Å². The molecule has 0 aromatic heterocycles. The Balaban J connectivity index is 0. The zero-order valence-corrected chi connectivity index (χ0v) is 13.5. The first-order valence-electron chi connectivity index (χ1n) is 4.65. The number of hydrogen-bond donors (Lipinski definition) is 0. The molecule has 0 bridgehead atoms. The van der Waals surface area contributed by atoms with Gasteiger partial charge in [0.05, 0.1) is 0 Å². The fourth-order valence-corrected chi connectivity index (χ4v) is 0.742. The van der Waals surface area contributed by atoms with E-state index in [1.807, 2.05) is 38.1 Å². The van der Waals surface area contributed by atoms with E-state index in [9.17, 15) is 0 Å². The second-order valence-electron chi connectivity index (χ2n) is 2.47. The van der Waals surface area contributed by atoms with Crippen LogP contribution in [0.2, 0.25) is 0 Å². The van der Waals surface area contributed by atoms with Gasteiger partial charge in [0, 0.05) is 0 Å². The molecule has 0 N–H and O–H groups in total. The van der Waals surface area contributed by atoms with Gasteiger partial charge in [-0.15, -0.1) is 6.04 Å². The van der Waals surface area contributed by atoms with Crippen LogP contribution in [0.25, 0.3) is 5.32 Å². The molecule has 0 aliphatic rings. The maximum absolute atomic E-state index is 4.30. The average molecular weight is 398 g/mol. The molecular weight excluding hydrogens is 381 g/mol. The summed E-state index contributed by atoms with van der Waals surface area (Å²) in [5, 5.41) is 4.30. The first kappa shape index (κ1) is 16.7. The van der Waals surface area contributed by atoms with Gasteiger partial charge in [-0.3, -0.25) is 5.69 Å². The fourth-order valence-electron chi connectivity index (χ4n) is 0.742. The zero-order chi connectivity index (χ0) is 11.4. The van der Waals surface area contributed by atoms with E-state index >= 15 is 0 Å². The van der Waals surface area contributed by atoms with E-state index in [4.69, 9.17) is 0 Å². The number of para-hydroxylation sites is 1. The number of hydrogen-bond acceptors (Lipinski definition) is 0. The molecule has 0 aliphatic heterocycles. The van der Waals surface area contributed by atoms with E-state index in [2.05, 4.69) is 39.3 Å². The van der Waals surface area contributed by atoms with Gasteiger partial charge in [-0.25, -0.2) is 0 Å². The third kappa shape index (κ3) is 10.4. The van der Waals surface area contributed by atoms with Gasteiger partial charge in [0.2, 0.25) is 0 Å². The van der Waals surface area contributed by atoms with Crippen molar-refractivity contribution in [2.75, 3.05) is 0 Å². The third-order valence-electron chi connectivity index (χ3n) is 1.09. The molecule has 1 nitrogen and oxygen atoms in total. The van der Waals surface area contributed by atoms with Gasteiger partial charge in [-0.2, -0.15) is 30.3 Å². The van der Waals surface area contributed by atoms with Crippen LogP contribution in [0.5, 0.6) is 0 Å². The molecule has 0 fully saturated rings. The van der Waals surface area contributed by atoms with Crippen LogP contribution in [0.4, 0.5) is 5.69 Å². The van der Waals surface area contributed by atoms with Gasteiger partial charge in [0.15, 0.2) is 0 Å². The normalized spacial score (nSPS) is 7.71. The second-order valence-corrected chi connectivity index (χ2v) is 2.47. The molecule has 1 rings (SSSR count). The summed E-state index contributed by atoms with van der Waals surface area (Å²) < 4.78 is 0. The molecule has 0 spiro atoms. The summed E-state index contributed by atoms with van der Waals surface area (Å²) in [5.74, 6) is 0. The van der Waals surface area contributed by atoms with Crippen molar-refractivity contribution in [3.63, 3.8) is 0 Å². The molecule has 0 atom stereocenters. The van der Waals surface area contributed by atoms with Gasteiger partial charge in [0.25, 0.3) is 0 Å². The van der Waals surface area contributed by atoms with Crippen LogP contribution in [0.3, 0.4) is 0 Å². The second kappa shape index (κ2) is 13.3. The molecule has 1 aromatic carbocycles. The molecule has 0 amide bonds. The summed E-state index contributed by atoms with van der Waals surface area (Å²) in [7, 11) is 0. The predicted molar refractivity (Wildman–Crippen MR) is 54.8 cm³/mol. The van der Waals surface area contributed by atoms with Crippen molar-refractivity contribution in [1.82, 2.24) is 0 Å². The van der Waals surface area contributed by atoms with Crippen molar-refractivity contribution in [3.05, 3.63) is 35.6 Å². The molecule has 0 heterocycles. The van der Waals surface area contributed by atoms with Crippen LogP contribution in [0, 0.1) is 6.07 Å². The van der Waals surface area contributed by atoms with Crippen LogP contribution < -0.4 is 0 Å². The van der Waals surface area contributed by atoms with Crippen LogP contribution in [0.1, 0.15) is 27.7 Å². The number of nitrogens with zero attached hydrogens (tertiary/aromatic N) is 1. The van der Waals surface area contributed by atoms with Crippen LogP contribution in [-0.4, -0.2) is 6.04 Å². The van der Waals surface area contributed by atoms with Gasteiger partial charge in [-0.1, -0.05) is 27.7 Å². The van der Waals surface area contributed by atoms with Gasteiger partial charge in [0.1, 0.15) is 0 Å². The summed E-state index contributed by atoms with van der Waals surface area (Å²) >= 11 is 3.92. The summed E-state index contributed by atoms with van der Waals surface area (Å²) in [4.78, 5) is 0. The molecule has 0 saturated carbocycles. The summed E-state index contributed by atoms with van der Waals surface area (Å²) in [6.07, 6.45) is 0.